The van der Waals surface area contributed by atoms with E-state index in [4.69, 9.17) is 4.74 Å². The van der Waals surface area contributed by atoms with Crippen molar-refractivity contribution in [1.82, 2.24) is 8.61 Å². The Balaban J connectivity index is 1.71. The Labute approximate surface area is 144 Å². The first-order chi connectivity index (χ1) is 11.9. The van der Waals surface area contributed by atoms with E-state index in [1.54, 1.807) is 4.90 Å². The first-order valence-electron chi connectivity index (χ1n) is 7.91. The summed E-state index contributed by atoms with van der Waals surface area (Å²) < 4.78 is 46.5. The van der Waals surface area contributed by atoms with Crippen molar-refractivity contribution in [3.63, 3.8) is 0 Å². The zero-order chi connectivity index (χ0) is 18.0. The van der Waals surface area contributed by atoms with Gasteiger partial charge in [0.25, 0.3) is 15.9 Å². The van der Waals surface area contributed by atoms with E-state index < -0.39 is 20.9 Å². The number of anilines is 1. The molecule has 2 heterocycles. The monoisotopic (exact) mass is 374 g/mol. The molecule has 0 unspecified atom stereocenters. The Hall–Kier alpha value is -1.82. The molecular formula is C14H19FN4O5S. The van der Waals surface area contributed by atoms with Crippen LogP contribution in [-0.2, 0) is 14.9 Å². The van der Waals surface area contributed by atoms with Gasteiger partial charge in [0.15, 0.2) is 0 Å². The second-order valence-corrected chi connectivity index (χ2v) is 7.72. The summed E-state index contributed by atoms with van der Waals surface area (Å²) in [6.07, 6.45) is 0. The van der Waals surface area contributed by atoms with Gasteiger partial charge in [-0.15, -0.1) is 0 Å². The van der Waals surface area contributed by atoms with Crippen molar-refractivity contribution in [1.29, 1.82) is 0 Å². The van der Waals surface area contributed by atoms with E-state index in [-0.39, 0.29) is 18.8 Å². The average molecular weight is 374 g/mol. The smallest absolute Gasteiger partial charge is 0.295 e. The second-order valence-electron chi connectivity index (χ2n) is 5.80. The molecule has 2 saturated heterocycles. The summed E-state index contributed by atoms with van der Waals surface area (Å²) in [5.41, 5.74) is -0.0145. The summed E-state index contributed by atoms with van der Waals surface area (Å²) in [6, 6.07) is 3.41. The zero-order valence-corrected chi connectivity index (χ0v) is 14.3. The number of ether oxygens (including phenoxy) is 1. The van der Waals surface area contributed by atoms with Gasteiger partial charge in [-0.3, -0.25) is 10.1 Å². The van der Waals surface area contributed by atoms with Gasteiger partial charge in [0, 0.05) is 39.3 Å². The predicted octanol–water partition coefficient (Wildman–Crippen LogP) is 0.433. The Morgan fingerprint density at radius 2 is 1.64 bits per heavy atom. The molecular weight excluding hydrogens is 355 g/mol. The second kappa shape index (κ2) is 7.20. The maximum atomic E-state index is 13.3. The topological polar surface area (TPSA) is 96.2 Å². The fraction of sp³-hybridized carbons (Fsp3) is 0.571. The van der Waals surface area contributed by atoms with Crippen LogP contribution in [0, 0.1) is 15.9 Å². The van der Waals surface area contributed by atoms with Crippen LogP contribution in [0.1, 0.15) is 0 Å². The maximum absolute atomic E-state index is 13.3. The molecule has 3 rings (SSSR count). The van der Waals surface area contributed by atoms with Gasteiger partial charge < -0.3 is 9.64 Å². The van der Waals surface area contributed by atoms with E-state index in [1.165, 1.54) is 20.7 Å². The molecule has 0 bridgehead atoms. The van der Waals surface area contributed by atoms with Crippen LogP contribution in [0.3, 0.4) is 0 Å². The lowest BCUT2D eigenvalue weighted by Crippen LogP contribution is -2.55. The average Bonchev–Trinajstić information content (AvgIpc) is 2.62. The maximum Gasteiger partial charge on any atom is 0.295 e. The minimum atomic E-state index is -3.56. The summed E-state index contributed by atoms with van der Waals surface area (Å²) in [4.78, 5) is 12.2. The van der Waals surface area contributed by atoms with Crippen molar-refractivity contribution in [3.05, 3.63) is 34.1 Å². The fourth-order valence-electron chi connectivity index (χ4n) is 3.01. The lowest BCUT2D eigenvalue weighted by atomic mass is 10.2. The quantitative estimate of drug-likeness (QED) is 0.560. The number of nitro benzene ring substituents is 1. The Kier molecular flexibility index (Phi) is 5.18. The highest BCUT2D eigenvalue weighted by Crippen LogP contribution is 2.30. The molecule has 1 aromatic carbocycles. The molecule has 0 N–H and O–H groups in total. The molecule has 0 radical (unpaired) electrons. The van der Waals surface area contributed by atoms with Crippen LogP contribution in [0.5, 0.6) is 0 Å². The summed E-state index contributed by atoms with van der Waals surface area (Å²) >= 11 is 0. The van der Waals surface area contributed by atoms with Gasteiger partial charge in [-0.1, -0.05) is 0 Å². The molecule has 1 aromatic rings. The molecule has 0 saturated carbocycles. The van der Waals surface area contributed by atoms with Gasteiger partial charge in [0.1, 0.15) is 11.5 Å². The predicted molar refractivity (Wildman–Crippen MR) is 88.2 cm³/mol. The molecule has 0 amide bonds. The van der Waals surface area contributed by atoms with Crippen LogP contribution < -0.4 is 4.90 Å². The fourth-order valence-corrected chi connectivity index (χ4v) is 4.57. The van der Waals surface area contributed by atoms with E-state index in [1.807, 2.05) is 0 Å². The van der Waals surface area contributed by atoms with Crippen LogP contribution in [-0.4, -0.2) is 74.4 Å². The third-order valence-electron chi connectivity index (χ3n) is 4.34. The third-order valence-corrected chi connectivity index (χ3v) is 6.37. The lowest BCUT2D eigenvalue weighted by Gasteiger charge is -2.38. The summed E-state index contributed by atoms with van der Waals surface area (Å²) in [5, 5.41) is 11.1. The number of hydrogen-bond acceptors (Lipinski definition) is 6. The first kappa shape index (κ1) is 18.0. The molecule has 0 aliphatic carbocycles. The van der Waals surface area contributed by atoms with E-state index in [2.05, 4.69) is 0 Å². The third kappa shape index (κ3) is 3.73. The number of nitro groups is 1. The Morgan fingerprint density at radius 1 is 1.04 bits per heavy atom. The van der Waals surface area contributed by atoms with E-state index >= 15 is 0 Å². The van der Waals surface area contributed by atoms with Crippen LogP contribution >= 0.6 is 0 Å². The molecule has 25 heavy (non-hydrogen) atoms. The van der Waals surface area contributed by atoms with Crippen molar-refractivity contribution < 1.29 is 22.5 Å². The SMILES string of the molecule is O=[N+]([O-])c1cc(F)ccc1N1CCN(S(=O)(=O)N2CCOCC2)CC1. The number of rotatable bonds is 4. The van der Waals surface area contributed by atoms with Gasteiger partial charge in [-0.2, -0.15) is 17.0 Å². The summed E-state index contributed by atoms with van der Waals surface area (Å²) in [5.74, 6) is -0.677. The number of nitrogens with zero attached hydrogens (tertiary/aromatic N) is 4. The summed E-state index contributed by atoms with van der Waals surface area (Å²) in [7, 11) is -3.56. The lowest BCUT2D eigenvalue weighted by molar-refractivity contribution is -0.384. The van der Waals surface area contributed by atoms with E-state index in [9.17, 15) is 22.9 Å². The van der Waals surface area contributed by atoms with Crippen LogP contribution in [0.4, 0.5) is 15.8 Å². The zero-order valence-electron chi connectivity index (χ0n) is 13.5. The number of morpholine rings is 1. The highest BCUT2D eigenvalue weighted by molar-refractivity contribution is 7.86. The minimum absolute atomic E-state index is 0.216. The van der Waals surface area contributed by atoms with Crippen molar-refractivity contribution in [3.8, 4) is 0 Å². The largest absolute Gasteiger partial charge is 0.379 e. The number of piperazine rings is 1. The molecule has 0 spiro atoms. The Bertz CT molecular complexity index is 746. The highest BCUT2D eigenvalue weighted by Gasteiger charge is 2.34. The number of benzene rings is 1. The molecule has 11 heteroatoms. The first-order valence-corrected chi connectivity index (χ1v) is 9.31. The minimum Gasteiger partial charge on any atom is -0.379 e. The van der Waals surface area contributed by atoms with Crippen molar-refractivity contribution >= 4 is 21.6 Å². The van der Waals surface area contributed by atoms with Crippen LogP contribution in [0.25, 0.3) is 0 Å². The van der Waals surface area contributed by atoms with Gasteiger partial charge >= 0.3 is 0 Å². The highest BCUT2D eigenvalue weighted by atomic mass is 32.2. The van der Waals surface area contributed by atoms with Crippen LogP contribution in [0.15, 0.2) is 18.2 Å². The van der Waals surface area contributed by atoms with E-state index in [0.29, 0.717) is 45.1 Å². The molecule has 138 valence electrons. The van der Waals surface area contributed by atoms with Crippen molar-refractivity contribution in [2.75, 3.05) is 57.4 Å². The van der Waals surface area contributed by atoms with Crippen molar-refractivity contribution in [2.45, 2.75) is 0 Å². The van der Waals surface area contributed by atoms with Gasteiger partial charge in [0.05, 0.1) is 24.2 Å². The van der Waals surface area contributed by atoms with Crippen molar-refractivity contribution in [2.24, 2.45) is 0 Å². The normalized spacial score (nSPS) is 20.6. The van der Waals surface area contributed by atoms with Gasteiger partial charge in [-0.05, 0) is 12.1 Å². The van der Waals surface area contributed by atoms with Crippen LogP contribution in [0.2, 0.25) is 0 Å². The van der Waals surface area contributed by atoms with E-state index in [0.717, 1.165) is 6.07 Å². The van der Waals surface area contributed by atoms with Gasteiger partial charge in [0.2, 0.25) is 0 Å². The molecule has 0 aromatic heterocycles. The van der Waals surface area contributed by atoms with Gasteiger partial charge in [-0.25, -0.2) is 4.39 Å². The molecule has 2 fully saturated rings. The Morgan fingerprint density at radius 3 is 2.24 bits per heavy atom. The summed E-state index contributed by atoms with van der Waals surface area (Å²) in [6.45, 7) is 2.44. The molecule has 2 aliphatic rings. The molecule has 2 aliphatic heterocycles. The number of halogens is 1. The molecule has 9 nitrogen and oxygen atoms in total. The molecule has 0 atom stereocenters. The standard InChI is InChI=1S/C14H19FN4O5S/c15-12-1-2-13(14(11-12)19(20)21)16-3-5-17(6-4-16)25(22,23)18-7-9-24-10-8-18/h1-2,11H,3-10H2. The number of hydrogen-bond donors (Lipinski definition) is 0.